The second kappa shape index (κ2) is 12.6. The van der Waals surface area contributed by atoms with Crippen molar-refractivity contribution in [2.75, 3.05) is 0 Å². The standard InChI is InChI=1S/2C16H13.CH2.2ClH.Zr/c2*1-12-10-14-8-5-9-15(16(14)11-12)13-6-3-2-4-7-13;;;;/h2*2-11H,1H3;1H2;2*1H;/q2*-1;;;;+2/p-2. The first-order chi connectivity index (χ1) is 17.4. The van der Waals surface area contributed by atoms with Gasteiger partial charge in [-0.15, -0.1) is 69.1 Å². The van der Waals surface area contributed by atoms with Crippen molar-refractivity contribution in [2.45, 2.75) is 13.8 Å². The Labute approximate surface area is 228 Å². The molecule has 0 aliphatic carbocycles. The number of halogens is 2. The summed E-state index contributed by atoms with van der Waals surface area (Å²) in [7, 11) is 10.3. The van der Waals surface area contributed by atoms with Gasteiger partial charge in [0.15, 0.2) is 0 Å². The van der Waals surface area contributed by atoms with Crippen LogP contribution in [0.25, 0.3) is 43.8 Å². The van der Waals surface area contributed by atoms with Crippen molar-refractivity contribution >= 4 is 42.8 Å². The molecule has 0 N–H and O–H groups in total. The maximum atomic E-state index is 5.13. The van der Waals surface area contributed by atoms with E-state index in [4.69, 9.17) is 17.0 Å². The molecule has 0 aliphatic rings. The summed E-state index contributed by atoms with van der Waals surface area (Å²) in [4.78, 5) is 0. The van der Waals surface area contributed by atoms with Gasteiger partial charge in [-0.25, -0.2) is 0 Å². The van der Waals surface area contributed by atoms with Gasteiger partial charge in [0.2, 0.25) is 0 Å². The van der Waals surface area contributed by atoms with Crippen LogP contribution in [-0.4, -0.2) is 4.21 Å². The average molecular weight is 587 g/mol. The Morgan fingerprint density at radius 2 is 0.917 bits per heavy atom. The van der Waals surface area contributed by atoms with Gasteiger partial charge in [0, 0.05) is 0 Å². The Morgan fingerprint density at radius 1 is 0.556 bits per heavy atom. The van der Waals surface area contributed by atoms with Crippen LogP contribution in [-0.2, 0) is 18.9 Å². The molecular formula is C33H28Cl2Zr-2. The van der Waals surface area contributed by atoms with Gasteiger partial charge in [0.1, 0.15) is 0 Å². The fraction of sp³-hybridized carbons (Fsp3) is 0.0606. The molecule has 180 valence electrons. The molecule has 36 heavy (non-hydrogen) atoms. The van der Waals surface area contributed by atoms with Crippen molar-refractivity contribution in [3.8, 4) is 22.3 Å². The SMILES string of the molecule is Cc1cc2c(-c3ccccc3)cccc2[cH-]1.Cc1cc2c(-c3ccccc3)cccc2[cH-]1.[CH2]=[Zr]([Cl])[Cl]. The van der Waals surface area contributed by atoms with Gasteiger partial charge in [-0.2, -0.15) is 12.1 Å². The zero-order chi connectivity index (χ0) is 25.5. The van der Waals surface area contributed by atoms with Crippen molar-refractivity contribution in [1.29, 1.82) is 0 Å². The number of hydrogen-bond donors (Lipinski definition) is 0. The molecule has 6 rings (SSSR count). The van der Waals surface area contributed by atoms with E-state index in [2.05, 4.69) is 139 Å². The Bertz CT molecular complexity index is 1450. The van der Waals surface area contributed by atoms with E-state index in [1.165, 1.54) is 54.9 Å². The van der Waals surface area contributed by atoms with Gasteiger partial charge >= 0.3 is 40.1 Å². The summed E-state index contributed by atoms with van der Waals surface area (Å²) in [6.07, 6.45) is 0. The van der Waals surface area contributed by atoms with Crippen molar-refractivity contribution in [2.24, 2.45) is 0 Å². The Morgan fingerprint density at radius 3 is 1.28 bits per heavy atom. The summed E-state index contributed by atoms with van der Waals surface area (Å²) in [5.41, 5.74) is 7.89. The molecule has 0 aromatic heterocycles. The van der Waals surface area contributed by atoms with E-state index in [0.717, 1.165) is 0 Å². The third-order valence-electron chi connectivity index (χ3n) is 5.96. The van der Waals surface area contributed by atoms with Gasteiger partial charge in [-0.1, -0.05) is 97.8 Å². The zero-order valence-corrected chi connectivity index (χ0v) is 24.5. The fourth-order valence-corrected chi connectivity index (χ4v) is 4.51. The Kier molecular flexibility index (Phi) is 9.27. The predicted molar refractivity (Wildman–Crippen MR) is 158 cm³/mol. The number of hydrogen-bond acceptors (Lipinski definition) is 0. The number of rotatable bonds is 2. The summed E-state index contributed by atoms with van der Waals surface area (Å²) in [6.45, 7) is 4.30. The molecule has 0 saturated heterocycles. The first kappa shape index (κ1) is 26.5. The molecule has 0 unspecified atom stereocenters. The van der Waals surface area contributed by atoms with E-state index < -0.39 is 18.9 Å². The Hall–Kier alpha value is -2.57. The monoisotopic (exact) mass is 584 g/mol. The topological polar surface area (TPSA) is 0 Å². The molecule has 0 radical (unpaired) electrons. The zero-order valence-electron chi connectivity index (χ0n) is 20.5. The normalized spacial score (nSPS) is 10.3. The van der Waals surface area contributed by atoms with Crippen LogP contribution in [0.4, 0.5) is 0 Å². The van der Waals surface area contributed by atoms with Gasteiger partial charge < -0.3 is 0 Å². The molecule has 0 spiro atoms. The molecule has 0 amide bonds. The van der Waals surface area contributed by atoms with Crippen LogP contribution in [0.3, 0.4) is 0 Å². The first-order valence-electron chi connectivity index (χ1n) is 11.9. The molecule has 0 heterocycles. The number of benzene rings is 4. The minimum atomic E-state index is -1.85. The first-order valence-corrected chi connectivity index (χ1v) is 19.9. The van der Waals surface area contributed by atoms with Crippen LogP contribution in [0.15, 0.2) is 121 Å². The van der Waals surface area contributed by atoms with Crippen LogP contribution < -0.4 is 0 Å². The van der Waals surface area contributed by atoms with Gasteiger partial charge in [-0.3, -0.25) is 0 Å². The Balaban J connectivity index is 0.000000148. The van der Waals surface area contributed by atoms with E-state index in [0.29, 0.717) is 0 Å². The van der Waals surface area contributed by atoms with Crippen molar-refractivity contribution in [1.82, 2.24) is 0 Å². The van der Waals surface area contributed by atoms with Crippen molar-refractivity contribution in [3.63, 3.8) is 0 Å². The molecule has 0 fully saturated rings. The summed E-state index contributed by atoms with van der Waals surface area (Å²) in [5.74, 6) is 0. The van der Waals surface area contributed by atoms with Crippen LogP contribution >= 0.6 is 17.0 Å². The van der Waals surface area contributed by atoms with Gasteiger partial charge in [0.25, 0.3) is 0 Å². The second-order valence-electron chi connectivity index (χ2n) is 8.75. The molecule has 0 atom stereocenters. The van der Waals surface area contributed by atoms with Gasteiger partial charge in [-0.05, 0) is 11.1 Å². The van der Waals surface area contributed by atoms with E-state index >= 15 is 0 Å². The van der Waals surface area contributed by atoms with Crippen LogP contribution in [0.2, 0.25) is 0 Å². The number of fused-ring (bicyclic) bond motifs is 2. The van der Waals surface area contributed by atoms with E-state index in [1.807, 2.05) is 0 Å². The molecule has 0 aliphatic heterocycles. The van der Waals surface area contributed by atoms with E-state index in [-0.39, 0.29) is 0 Å². The summed E-state index contributed by atoms with van der Waals surface area (Å²) in [6, 6.07) is 43.1. The predicted octanol–water partition coefficient (Wildman–Crippen LogP) is 10.4. The summed E-state index contributed by atoms with van der Waals surface area (Å²) < 4.78 is 3.37. The average Bonchev–Trinajstić information content (AvgIpc) is 3.45. The van der Waals surface area contributed by atoms with E-state index in [9.17, 15) is 0 Å². The maximum absolute atomic E-state index is 5.13. The third-order valence-corrected chi connectivity index (χ3v) is 5.96. The summed E-state index contributed by atoms with van der Waals surface area (Å²) in [5, 5.41) is 5.37. The van der Waals surface area contributed by atoms with Crippen LogP contribution in [0.5, 0.6) is 0 Å². The van der Waals surface area contributed by atoms with E-state index in [1.54, 1.807) is 0 Å². The molecular weight excluding hydrogens is 558 g/mol. The molecule has 0 saturated carbocycles. The second-order valence-corrected chi connectivity index (χ2v) is 17.0. The molecule has 6 aromatic rings. The minimum absolute atomic E-state index is 1.29. The fourth-order valence-electron chi connectivity index (χ4n) is 4.51. The molecule has 6 aromatic carbocycles. The summed E-state index contributed by atoms with van der Waals surface area (Å²) >= 11 is -1.85. The van der Waals surface area contributed by atoms with Gasteiger partial charge in [0.05, 0.1) is 0 Å². The van der Waals surface area contributed by atoms with Crippen molar-refractivity contribution < 1.29 is 18.9 Å². The van der Waals surface area contributed by atoms with Crippen molar-refractivity contribution in [3.05, 3.63) is 132 Å². The molecule has 0 bridgehead atoms. The molecule has 3 heteroatoms. The number of aryl methyl sites for hydroxylation is 2. The third kappa shape index (κ3) is 6.80. The van der Waals surface area contributed by atoms with Crippen LogP contribution in [0.1, 0.15) is 11.1 Å². The molecule has 0 nitrogen and oxygen atoms in total. The quantitative estimate of drug-likeness (QED) is 0.177. The van der Waals surface area contributed by atoms with Crippen LogP contribution in [0, 0.1) is 13.8 Å².